The highest BCUT2D eigenvalue weighted by molar-refractivity contribution is 5.87. The summed E-state index contributed by atoms with van der Waals surface area (Å²) in [6, 6.07) is 17.7. The van der Waals surface area contributed by atoms with Gasteiger partial charge in [-0.25, -0.2) is 4.79 Å². The summed E-state index contributed by atoms with van der Waals surface area (Å²) in [6.45, 7) is 2.59. The molecule has 0 aliphatic carbocycles. The third-order valence-corrected chi connectivity index (χ3v) is 3.77. The first-order valence-electron chi connectivity index (χ1n) is 8.77. The van der Waals surface area contributed by atoms with Crippen LogP contribution in [0.4, 0.5) is 5.69 Å². The molecule has 0 saturated carbocycles. The highest BCUT2D eigenvalue weighted by Crippen LogP contribution is 2.13. The van der Waals surface area contributed by atoms with Crippen LogP contribution < -0.4 is 5.32 Å². The summed E-state index contributed by atoms with van der Waals surface area (Å²) in [6.07, 6.45) is 3.78. The van der Waals surface area contributed by atoms with Crippen molar-refractivity contribution in [1.82, 2.24) is 10.1 Å². The Morgan fingerprint density at radius 1 is 1.15 bits per heavy atom. The van der Waals surface area contributed by atoms with E-state index in [2.05, 4.69) is 15.5 Å². The molecular formula is C21H21N3O3. The quantitative estimate of drug-likeness (QED) is 0.484. The molecule has 0 fully saturated rings. The number of hydrogen-bond donors (Lipinski definition) is 1. The van der Waals surface area contributed by atoms with Gasteiger partial charge in [-0.05, 0) is 36.3 Å². The van der Waals surface area contributed by atoms with E-state index in [4.69, 9.17) is 9.26 Å². The Kier molecular flexibility index (Phi) is 6.35. The zero-order valence-corrected chi connectivity index (χ0v) is 15.1. The van der Waals surface area contributed by atoms with Crippen LogP contribution in [0.2, 0.25) is 0 Å². The van der Waals surface area contributed by atoms with Crippen molar-refractivity contribution in [2.75, 3.05) is 11.9 Å². The summed E-state index contributed by atoms with van der Waals surface area (Å²) in [5.41, 5.74) is 2.98. The monoisotopic (exact) mass is 363 g/mol. The molecule has 0 aliphatic heterocycles. The Morgan fingerprint density at radius 2 is 1.93 bits per heavy atom. The van der Waals surface area contributed by atoms with E-state index < -0.39 is 0 Å². The molecule has 3 aromatic rings. The predicted octanol–water partition coefficient (Wildman–Crippen LogP) is 3.85. The molecule has 1 heterocycles. The minimum absolute atomic E-state index is 0.345. The lowest BCUT2D eigenvalue weighted by molar-refractivity contribution is -0.137. The normalized spacial score (nSPS) is 10.9. The molecule has 0 radical (unpaired) electrons. The molecule has 6 heteroatoms. The van der Waals surface area contributed by atoms with Gasteiger partial charge in [-0.1, -0.05) is 47.6 Å². The predicted molar refractivity (Wildman–Crippen MR) is 103 cm³/mol. The van der Waals surface area contributed by atoms with Gasteiger partial charge in [-0.3, -0.25) is 0 Å². The molecular weight excluding hydrogens is 342 g/mol. The minimum Gasteiger partial charge on any atom is -0.463 e. The lowest BCUT2D eigenvalue weighted by atomic mass is 10.1. The van der Waals surface area contributed by atoms with Crippen molar-refractivity contribution >= 4 is 17.7 Å². The molecule has 138 valence electrons. The third kappa shape index (κ3) is 5.81. The first kappa shape index (κ1) is 18.4. The van der Waals surface area contributed by atoms with E-state index in [0.29, 0.717) is 31.3 Å². The highest BCUT2D eigenvalue weighted by Gasteiger charge is 2.07. The maximum atomic E-state index is 11.3. The SMILES string of the molecule is CCOC(=O)C=Cc1ccc(NCc2nc(Cc3ccccc3)no2)cc1. The molecule has 0 aliphatic rings. The van der Waals surface area contributed by atoms with Gasteiger partial charge in [0.05, 0.1) is 13.2 Å². The Morgan fingerprint density at radius 3 is 2.67 bits per heavy atom. The number of benzene rings is 2. The van der Waals surface area contributed by atoms with Crippen molar-refractivity contribution < 1.29 is 14.1 Å². The van der Waals surface area contributed by atoms with Crippen LogP contribution in [0.5, 0.6) is 0 Å². The van der Waals surface area contributed by atoms with Gasteiger partial charge in [-0.15, -0.1) is 0 Å². The molecule has 1 N–H and O–H groups in total. The van der Waals surface area contributed by atoms with Gasteiger partial charge in [0.2, 0.25) is 5.89 Å². The van der Waals surface area contributed by atoms with Crippen molar-refractivity contribution in [2.45, 2.75) is 19.9 Å². The third-order valence-electron chi connectivity index (χ3n) is 3.77. The number of carbonyl (C=O) groups excluding carboxylic acids is 1. The number of esters is 1. The van der Waals surface area contributed by atoms with Gasteiger partial charge in [0.15, 0.2) is 5.82 Å². The Hall–Kier alpha value is -3.41. The van der Waals surface area contributed by atoms with Crippen LogP contribution in [0.3, 0.4) is 0 Å². The second-order valence-electron chi connectivity index (χ2n) is 5.83. The number of carbonyl (C=O) groups is 1. The Bertz CT molecular complexity index is 887. The number of nitrogens with zero attached hydrogens (tertiary/aromatic N) is 2. The number of anilines is 1. The maximum absolute atomic E-state index is 11.3. The topological polar surface area (TPSA) is 77.2 Å². The number of ether oxygens (including phenoxy) is 1. The van der Waals surface area contributed by atoms with Crippen LogP contribution in [0, 0.1) is 0 Å². The first-order valence-corrected chi connectivity index (χ1v) is 8.77. The standard InChI is InChI=1S/C21H21N3O3/c1-2-26-21(25)13-10-16-8-11-18(12-9-16)22-15-20-23-19(24-27-20)14-17-6-4-3-5-7-17/h3-13,22H,2,14-15H2,1H3. The summed E-state index contributed by atoms with van der Waals surface area (Å²) in [4.78, 5) is 15.7. The van der Waals surface area contributed by atoms with Gasteiger partial charge < -0.3 is 14.6 Å². The van der Waals surface area contributed by atoms with Crippen LogP contribution in [0.15, 0.2) is 65.2 Å². The molecule has 0 unspecified atom stereocenters. The highest BCUT2D eigenvalue weighted by atomic mass is 16.5. The smallest absolute Gasteiger partial charge is 0.330 e. The average molecular weight is 363 g/mol. The van der Waals surface area contributed by atoms with E-state index in [-0.39, 0.29) is 5.97 Å². The van der Waals surface area contributed by atoms with Gasteiger partial charge in [0.25, 0.3) is 0 Å². The zero-order chi connectivity index (χ0) is 18.9. The van der Waals surface area contributed by atoms with Crippen LogP contribution >= 0.6 is 0 Å². The molecule has 6 nitrogen and oxygen atoms in total. The van der Waals surface area contributed by atoms with E-state index in [0.717, 1.165) is 16.8 Å². The molecule has 0 amide bonds. The molecule has 0 atom stereocenters. The van der Waals surface area contributed by atoms with Crippen LogP contribution in [0.25, 0.3) is 6.08 Å². The summed E-state index contributed by atoms with van der Waals surface area (Å²) < 4.78 is 10.1. The number of rotatable bonds is 8. The second-order valence-corrected chi connectivity index (χ2v) is 5.83. The fourth-order valence-corrected chi connectivity index (χ4v) is 2.46. The molecule has 0 saturated heterocycles. The molecule has 0 spiro atoms. The lowest BCUT2D eigenvalue weighted by Gasteiger charge is -2.03. The summed E-state index contributed by atoms with van der Waals surface area (Å²) in [7, 11) is 0. The lowest BCUT2D eigenvalue weighted by Crippen LogP contribution is -2.00. The van der Waals surface area contributed by atoms with E-state index in [9.17, 15) is 4.79 Å². The first-order chi connectivity index (χ1) is 13.2. The molecule has 3 rings (SSSR count). The average Bonchev–Trinajstić information content (AvgIpc) is 3.14. The summed E-state index contributed by atoms with van der Waals surface area (Å²) in [5.74, 6) is 0.854. The van der Waals surface area contributed by atoms with Crippen LogP contribution in [-0.2, 0) is 22.5 Å². The van der Waals surface area contributed by atoms with E-state index in [1.54, 1.807) is 13.0 Å². The van der Waals surface area contributed by atoms with Crippen molar-refractivity contribution in [3.05, 3.63) is 83.5 Å². The zero-order valence-electron chi connectivity index (χ0n) is 15.1. The van der Waals surface area contributed by atoms with Gasteiger partial charge in [0.1, 0.15) is 0 Å². The summed E-state index contributed by atoms with van der Waals surface area (Å²) in [5, 5.41) is 7.25. The largest absolute Gasteiger partial charge is 0.463 e. The number of aromatic nitrogens is 2. The fourth-order valence-electron chi connectivity index (χ4n) is 2.46. The van der Waals surface area contributed by atoms with E-state index in [1.165, 1.54) is 6.08 Å². The minimum atomic E-state index is -0.345. The van der Waals surface area contributed by atoms with E-state index in [1.807, 2.05) is 54.6 Å². The summed E-state index contributed by atoms with van der Waals surface area (Å²) >= 11 is 0. The molecule has 0 bridgehead atoms. The van der Waals surface area contributed by atoms with Gasteiger partial charge >= 0.3 is 5.97 Å². The molecule has 1 aromatic heterocycles. The van der Waals surface area contributed by atoms with Crippen LogP contribution in [0.1, 0.15) is 29.8 Å². The molecule has 2 aromatic carbocycles. The van der Waals surface area contributed by atoms with Crippen molar-refractivity contribution in [2.24, 2.45) is 0 Å². The Balaban J connectivity index is 1.51. The fraction of sp³-hybridized carbons (Fsp3) is 0.190. The van der Waals surface area contributed by atoms with Crippen molar-refractivity contribution in [3.63, 3.8) is 0 Å². The number of nitrogens with one attached hydrogen (secondary N) is 1. The van der Waals surface area contributed by atoms with Gasteiger partial charge in [-0.2, -0.15) is 4.98 Å². The van der Waals surface area contributed by atoms with Gasteiger partial charge in [0, 0.05) is 18.2 Å². The van der Waals surface area contributed by atoms with Crippen molar-refractivity contribution in [3.8, 4) is 0 Å². The van der Waals surface area contributed by atoms with Crippen LogP contribution in [-0.4, -0.2) is 22.7 Å². The maximum Gasteiger partial charge on any atom is 0.330 e. The molecule has 27 heavy (non-hydrogen) atoms. The van der Waals surface area contributed by atoms with E-state index >= 15 is 0 Å². The second kappa shape index (κ2) is 9.33. The Labute approximate surface area is 157 Å². The number of hydrogen-bond acceptors (Lipinski definition) is 6. The van der Waals surface area contributed by atoms with Crippen molar-refractivity contribution in [1.29, 1.82) is 0 Å².